The van der Waals surface area contributed by atoms with Gasteiger partial charge < -0.3 is 23.7 Å². The molecule has 2 unspecified atom stereocenters. The highest BCUT2D eigenvalue weighted by Crippen LogP contribution is 2.61. The molecule has 69 heavy (non-hydrogen) atoms. The van der Waals surface area contributed by atoms with E-state index in [4.69, 9.17) is 23.7 Å². The summed E-state index contributed by atoms with van der Waals surface area (Å²) in [5.41, 5.74) is 0.980. The average Bonchev–Trinajstić information content (AvgIpc) is 3.32. The molecule has 0 aliphatic heterocycles. The van der Waals surface area contributed by atoms with Crippen molar-refractivity contribution in [1.29, 1.82) is 0 Å². The molecule has 0 aromatic heterocycles. The molecule has 18 saturated carbocycles. The minimum Gasteiger partial charge on any atom is -0.381 e. The molecule has 0 aromatic carbocycles. The van der Waals surface area contributed by atoms with E-state index in [9.17, 15) is 0 Å². The molecule has 5 nitrogen and oxygen atoms in total. The molecule has 18 rings (SSSR count). The van der Waals surface area contributed by atoms with Crippen molar-refractivity contribution in [1.82, 2.24) is 0 Å². The lowest BCUT2D eigenvalue weighted by Crippen LogP contribution is -2.51. The molecule has 0 amide bonds. The van der Waals surface area contributed by atoms with Crippen molar-refractivity contribution < 1.29 is 23.7 Å². The quantitative estimate of drug-likeness (QED) is 0.184. The fourth-order valence-electron chi connectivity index (χ4n) is 21.8. The second-order valence-electron chi connectivity index (χ2n) is 28.1. The van der Waals surface area contributed by atoms with E-state index in [1.54, 1.807) is 32.1 Å². The van der Waals surface area contributed by atoms with Gasteiger partial charge in [0, 0.05) is 39.6 Å². The average molecular weight is 960 g/mol. The van der Waals surface area contributed by atoms with Crippen molar-refractivity contribution in [3.05, 3.63) is 0 Å². The molecular weight excluding hydrogens is 849 g/mol. The third kappa shape index (κ3) is 12.9. The van der Waals surface area contributed by atoms with E-state index in [0.29, 0.717) is 23.2 Å². The van der Waals surface area contributed by atoms with Crippen LogP contribution in [0.4, 0.5) is 0 Å². The molecule has 2 atom stereocenters. The molecule has 0 spiro atoms. The maximum Gasteiger partial charge on any atom is 0.0690 e. The lowest BCUT2D eigenvalue weighted by molar-refractivity contribution is -0.159. The van der Waals surface area contributed by atoms with E-state index in [-0.39, 0.29) is 0 Å². The Labute approximate surface area is 425 Å². The predicted molar refractivity (Wildman–Crippen MR) is 283 cm³/mol. The van der Waals surface area contributed by atoms with Crippen LogP contribution in [-0.4, -0.2) is 64.1 Å². The van der Waals surface area contributed by atoms with Gasteiger partial charge in [-0.25, -0.2) is 0 Å². The van der Waals surface area contributed by atoms with Gasteiger partial charge in [0.25, 0.3) is 0 Å². The largest absolute Gasteiger partial charge is 0.381 e. The molecule has 396 valence electrons. The van der Waals surface area contributed by atoms with E-state index in [1.807, 2.05) is 0 Å². The number of hydrogen-bond acceptors (Lipinski definition) is 5. The Morgan fingerprint density at radius 1 is 0.348 bits per heavy atom. The number of rotatable bonds is 13. The highest BCUT2D eigenvalue weighted by molar-refractivity contribution is 5.04. The van der Waals surface area contributed by atoms with Crippen molar-refractivity contribution in [3.63, 3.8) is 0 Å². The molecule has 0 N–H and O–H groups in total. The molecule has 18 aliphatic rings. The number of ether oxygens (including phenoxy) is 5. The van der Waals surface area contributed by atoms with Crippen LogP contribution >= 0.6 is 0 Å². The summed E-state index contributed by atoms with van der Waals surface area (Å²) >= 11 is 0. The van der Waals surface area contributed by atoms with E-state index in [2.05, 4.69) is 34.6 Å². The van der Waals surface area contributed by atoms with Gasteiger partial charge in [-0.1, -0.05) is 38.5 Å². The molecule has 18 aliphatic carbocycles. The molecule has 16 bridgehead atoms. The SMILES string of the molecule is CCOC12CC3CC(CC(C3)C1)C2.CCOC1C2CC3CC(C2)CC1C3.CCOC1CCCC(C2CCCCC2)C1.CCOCC12CC3CC(CC(C3)C1)C2.CCOCC1C2CC3CC(C2)CC1C3. The third-order valence-electron chi connectivity index (χ3n) is 23.0. The van der Waals surface area contributed by atoms with Crippen LogP contribution in [0.3, 0.4) is 0 Å². The zero-order valence-electron chi connectivity index (χ0n) is 45.9. The topological polar surface area (TPSA) is 46.2 Å². The summed E-state index contributed by atoms with van der Waals surface area (Å²) < 4.78 is 29.1. The second-order valence-corrected chi connectivity index (χ2v) is 28.1. The molecule has 0 saturated heterocycles. The van der Waals surface area contributed by atoms with Gasteiger partial charge in [-0.2, -0.15) is 0 Å². The van der Waals surface area contributed by atoms with E-state index in [1.165, 1.54) is 167 Å². The Morgan fingerprint density at radius 2 is 0.797 bits per heavy atom. The minimum absolute atomic E-state index is 0.351. The van der Waals surface area contributed by atoms with Crippen LogP contribution < -0.4 is 0 Å². The van der Waals surface area contributed by atoms with Crippen molar-refractivity contribution in [2.45, 2.75) is 251 Å². The summed E-state index contributed by atoms with van der Waals surface area (Å²) in [4.78, 5) is 0. The highest BCUT2D eigenvalue weighted by Gasteiger charge is 2.53. The fraction of sp³-hybridized carbons (Fsp3) is 1.00. The first-order valence-electron chi connectivity index (χ1n) is 31.7. The Morgan fingerprint density at radius 3 is 1.26 bits per heavy atom. The van der Waals surface area contributed by atoms with Crippen LogP contribution in [0.15, 0.2) is 0 Å². The fourth-order valence-corrected chi connectivity index (χ4v) is 21.8. The van der Waals surface area contributed by atoms with E-state index < -0.39 is 0 Å². The van der Waals surface area contributed by atoms with Gasteiger partial charge in [-0.15, -0.1) is 0 Å². The first-order chi connectivity index (χ1) is 33.7. The summed E-state index contributed by atoms with van der Waals surface area (Å²) in [6.45, 7) is 17.4. The van der Waals surface area contributed by atoms with Crippen LogP contribution in [0.2, 0.25) is 0 Å². The van der Waals surface area contributed by atoms with E-state index >= 15 is 0 Å². The van der Waals surface area contributed by atoms with Gasteiger partial charge in [-0.3, -0.25) is 0 Å². The van der Waals surface area contributed by atoms with Crippen LogP contribution in [-0.2, 0) is 23.7 Å². The van der Waals surface area contributed by atoms with Gasteiger partial charge in [0.1, 0.15) is 0 Å². The van der Waals surface area contributed by atoms with Crippen molar-refractivity contribution in [2.24, 2.45) is 106 Å². The van der Waals surface area contributed by atoms with Crippen LogP contribution in [0.25, 0.3) is 0 Å². The van der Waals surface area contributed by atoms with Crippen LogP contribution in [0.5, 0.6) is 0 Å². The lowest BCUT2D eigenvalue weighted by Gasteiger charge is -2.56. The van der Waals surface area contributed by atoms with Crippen LogP contribution in [0, 0.1) is 106 Å². The molecular formula is C64H110O5. The summed E-state index contributed by atoms with van der Waals surface area (Å²) in [5.74, 6) is 17.6. The number of hydrogen-bond donors (Lipinski definition) is 0. The smallest absolute Gasteiger partial charge is 0.0690 e. The molecule has 0 aromatic rings. The lowest BCUT2D eigenvalue weighted by atomic mass is 9.50. The van der Waals surface area contributed by atoms with Gasteiger partial charge in [0.15, 0.2) is 0 Å². The monoisotopic (exact) mass is 959 g/mol. The van der Waals surface area contributed by atoms with Crippen LogP contribution in [0.1, 0.15) is 234 Å². The minimum atomic E-state index is 0.351. The summed E-state index contributed by atoms with van der Waals surface area (Å²) in [6, 6.07) is 0. The molecule has 5 heteroatoms. The molecule has 18 fully saturated rings. The molecule has 0 heterocycles. The summed E-state index contributed by atoms with van der Waals surface area (Å²) in [5, 5.41) is 0. The maximum absolute atomic E-state index is 6.04. The van der Waals surface area contributed by atoms with Crippen molar-refractivity contribution in [2.75, 3.05) is 46.2 Å². The third-order valence-corrected chi connectivity index (χ3v) is 23.0. The first-order valence-corrected chi connectivity index (χ1v) is 31.7. The maximum atomic E-state index is 6.04. The molecule has 0 radical (unpaired) electrons. The zero-order valence-corrected chi connectivity index (χ0v) is 45.9. The van der Waals surface area contributed by atoms with Gasteiger partial charge in [0.05, 0.1) is 24.4 Å². The van der Waals surface area contributed by atoms with Gasteiger partial charge in [0.2, 0.25) is 0 Å². The Bertz CT molecular complexity index is 1400. The second kappa shape index (κ2) is 24.2. The Balaban J connectivity index is 0.000000100. The summed E-state index contributed by atoms with van der Waals surface area (Å²) in [6.07, 6.45) is 47.3. The predicted octanol–water partition coefficient (Wildman–Crippen LogP) is 16.3. The zero-order chi connectivity index (χ0) is 47.4. The first kappa shape index (κ1) is 52.3. The van der Waals surface area contributed by atoms with E-state index in [0.717, 1.165) is 147 Å². The van der Waals surface area contributed by atoms with Crippen molar-refractivity contribution in [3.8, 4) is 0 Å². The van der Waals surface area contributed by atoms with Gasteiger partial charge in [-0.05, 0) is 301 Å². The Hall–Kier alpha value is -0.200. The van der Waals surface area contributed by atoms with Gasteiger partial charge >= 0.3 is 0 Å². The van der Waals surface area contributed by atoms with Crippen molar-refractivity contribution >= 4 is 0 Å². The Kier molecular flexibility index (Phi) is 18.3. The standard InChI is InChI=1S/C14H26O.2C13H22O.2C12H20O/c1-2-15-14-10-6-9-13(11-14)12-7-4-3-5-8-12;1-2-14-9-13-6-10-3-11(7-13)5-12(4-10)8-13;1-2-14-8-13-11-4-9-3-10(6-11)7-12(13)5-9;1-2-13-12-6-9-3-10(7-12)5-11(4-9)8-12;1-2-13-12-10-4-8-3-9(6-10)7-11(12)5-8/h12-14H,2-11H2,1H3;10-12H,2-9H2,1H3;9-13H,2-8H2,1H3;9-11H,2-8H2,1H3;8-12H,2-7H2,1H3. The summed E-state index contributed by atoms with van der Waals surface area (Å²) in [7, 11) is 0. The highest BCUT2D eigenvalue weighted by atomic mass is 16.5. The normalized spacial score (nSPS) is 47.6.